The molecule has 5 rings (SSSR count). The zero-order valence-electron chi connectivity index (χ0n) is 15.2. The van der Waals surface area contributed by atoms with E-state index in [-0.39, 0.29) is 11.9 Å². The first kappa shape index (κ1) is 17.4. The number of aromatic nitrogens is 5. The molecule has 1 unspecified atom stereocenters. The van der Waals surface area contributed by atoms with Gasteiger partial charge in [-0.2, -0.15) is 0 Å². The molecule has 1 fully saturated rings. The molecule has 4 aromatic rings. The number of hydrogen-bond donors (Lipinski definition) is 0. The number of piperidine rings is 1. The third kappa shape index (κ3) is 3.41. The molecule has 2 aromatic heterocycles. The number of hydrogen-bond acceptors (Lipinski definition) is 6. The van der Waals surface area contributed by atoms with E-state index in [0.29, 0.717) is 12.5 Å². The minimum atomic E-state index is -0.275. The summed E-state index contributed by atoms with van der Waals surface area (Å²) in [6.07, 6.45) is 3.43. The van der Waals surface area contributed by atoms with Crippen molar-refractivity contribution in [3.63, 3.8) is 0 Å². The van der Waals surface area contributed by atoms with Crippen LogP contribution < -0.4 is 0 Å². The van der Waals surface area contributed by atoms with Crippen molar-refractivity contribution in [3.05, 3.63) is 59.4 Å². The Morgan fingerprint density at radius 1 is 1.07 bits per heavy atom. The van der Waals surface area contributed by atoms with Crippen LogP contribution in [0.5, 0.6) is 0 Å². The summed E-state index contributed by atoms with van der Waals surface area (Å²) in [4.78, 5) is 8.85. The van der Waals surface area contributed by atoms with Gasteiger partial charge in [-0.3, -0.25) is 4.90 Å². The molecule has 8 heteroatoms. The molecule has 0 amide bonds. The van der Waals surface area contributed by atoms with Crippen LogP contribution >= 0.6 is 11.3 Å². The van der Waals surface area contributed by atoms with Crippen LogP contribution in [0.3, 0.4) is 0 Å². The molecule has 6 nitrogen and oxygen atoms in total. The molecule has 3 heterocycles. The minimum absolute atomic E-state index is 0.270. The lowest BCUT2D eigenvalue weighted by Gasteiger charge is -2.33. The van der Waals surface area contributed by atoms with Gasteiger partial charge in [0.05, 0.1) is 16.3 Å². The maximum Gasteiger partial charge on any atom is 0.204 e. The maximum absolute atomic E-state index is 13.1. The molecule has 0 aliphatic carbocycles. The summed E-state index contributed by atoms with van der Waals surface area (Å²) in [5.41, 5.74) is 1.82. The number of fused-ring (bicyclic) bond motifs is 1. The second kappa shape index (κ2) is 7.37. The highest BCUT2D eigenvalue weighted by molar-refractivity contribution is 7.18. The molecule has 2 aromatic carbocycles. The first-order valence-electron chi connectivity index (χ1n) is 9.39. The van der Waals surface area contributed by atoms with E-state index in [9.17, 15) is 4.39 Å². The average Bonchev–Trinajstić information content (AvgIpc) is 3.36. The summed E-state index contributed by atoms with van der Waals surface area (Å²) < 4.78 is 14.3. The van der Waals surface area contributed by atoms with Gasteiger partial charge in [0.15, 0.2) is 0 Å². The molecule has 0 N–H and O–H groups in total. The number of halogens is 1. The van der Waals surface area contributed by atoms with E-state index < -0.39 is 0 Å². The van der Waals surface area contributed by atoms with Gasteiger partial charge in [0.1, 0.15) is 17.5 Å². The molecule has 142 valence electrons. The number of nitrogens with zero attached hydrogens (tertiary/aromatic N) is 6. The fourth-order valence-electron chi connectivity index (χ4n) is 3.65. The lowest BCUT2D eigenvalue weighted by molar-refractivity contribution is 0.0958. The average molecular weight is 394 g/mol. The zero-order chi connectivity index (χ0) is 18.9. The van der Waals surface area contributed by atoms with Crippen molar-refractivity contribution in [2.75, 3.05) is 6.54 Å². The molecule has 1 atom stereocenters. The van der Waals surface area contributed by atoms with Crippen LogP contribution in [0.4, 0.5) is 4.39 Å². The molecule has 0 saturated carbocycles. The summed E-state index contributed by atoms with van der Waals surface area (Å²) in [7, 11) is 0. The summed E-state index contributed by atoms with van der Waals surface area (Å²) in [6, 6.07) is 14.7. The van der Waals surface area contributed by atoms with Crippen LogP contribution in [0.1, 0.15) is 30.3 Å². The minimum Gasteiger partial charge on any atom is -0.273 e. The normalized spacial score (nSPS) is 18.0. The monoisotopic (exact) mass is 394 g/mol. The van der Waals surface area contributed by atoms with E-state index in [1.165, 1.54) is 23.3 Å². The molecule has 1 aliphatic heterocycles. The van der Waals surface area contributed by atoms with Crippen molar-refractivity contribution in [1.29, 1.82) is 0 Å². The Kier molecular flexibility index (Phi) is 4.58. The number of likely N-dealkylation sites (tertiary alicyclic amines) is 1. The van der Waals surface area contributed by atoms with Crippen molar-refractivity contribution in [2.24, 2.45) is 0 Å². The van der Waals surface area contributed by atoms with Gasteiger partial charge in [0.25, 0.3) is 0 Å². The Balaban J connectivity index is 1.38. The molecule has 0 radical (unpaired) electrons. The van der Waals surface area contributed by atoms with E-state index in [0.717, 1.165) is 35.5 Å². The SMILES string of the molecule is Fc1ccc(-c2nnn(CN3CCCCC3c3nc4ccccc4s3)n2)cc1. The zero-order valence-corrected chi connectivity index (χ0v) is 16.0. The van der Waals surface area contributed by atoms with Crippen LogP contribution in [-0.2, 0) is 6.67 Å². The van der Waals surface area contributed by atoms with Crippen LogP contribution in [0, 0.1) is 5.82 Å². The van der Waals surface area contributed by atoms with Gasteiger partial charge >= 0.3 is 0 Å². The predicted molar refractivity (Wildman–Crippen MR) is 106 cm³/mol. The van der Waals surface area contributed by atoms with Crippen LogP contribution in [-0.4, -0.2) is 36.6 Å². The molecule has 0 spiro atoms. The van der Waals surface area contributed by atoms with Crippen molar-refractivity contribution in [3.8, 4) is 11.4 Å². The van der Waals surface area contributed by atoms with Crippen molar-refractivity contribution < 1.29 is 4.39 Å². The largest absolute Gasteiger partial charge is 0.273 e. The van der Waals surface area contributed by atoms with Crippen molar-refractivity contribution in [1.82, 2.24) is 30.1 Å². The van der Waals surface area contributed by atoms with Gasteiger partial charge in [0.2, 0.25) is 5.82 Å². The molecular weight excluding hydrogens is 375 g/mol. The standard InChI is InChI=1S/C20H19FN6S/c21-15-10-8-14(9-11-15)19-23-25-27(24-19)13-26-12-4-3-6-17(26)20-22-16-5-1-2-7-18(16)28-20/h1-2,5,7-11,17H,3-4,6,12-13H2. The van der Waals surface area contributed by atoms with Gasteiger partial charge in [-0.15, -0.1) is 26.3 Å². The Morgan fingerprint density at radius 3 is 2.79 bits per heavy atom. The second-order valence-electron chi connectivity index (χ2n) is 6.98. The van der Waals surface area contributed by atoms with E-state index in [1.807, 2.05) is 6.07 Å². The van der Waals surface area contributed by atoms with Crippen LogP contribution in [0.25, 0.3) is 21.6 Å². The van der Waals surface area contributed by atoms with E-state index in [1.54, 1.807) is 28.3 Å². The third-order valence-electron chi connectivity index (χ3n) is 5.07. The van der Waals surface area contributed by atoms with Crippen LogP contribution in [0.15, 0.2) is 48.5 Å². The van der Waals surface area contributed by atoms with Gasteiger partial charge in [-0.1, -0.05) is 18.6 Å². The lowest BCUT2D eigenvalue weighted by atomic mass is 10.0. The predicted octanol–water partition coefficient (Wildman–Crippen LogP) is 4.27. The van der Waals surface area contributed by atoms with Gasteiger partial charge in [-0.25, -0.2) is 9.37 Å². The topological polar surface area (TPSA) is 59.7 Å². The van der Waals surface area contributed by atoms with E-state index in [2.05, 4.69) is 38.5 Å². The molecule has 1 aliphatic rings. The molecule has 0 bridgehead atoms. The fraction of sp³-hybridized carbons (Fsp3) is 0.300. The number of para-hydroxylation sites is 1. The van der Waals surface area contributed by atoms with Gasteiger partial charge in [0, 0.05) is 12.1 Å². The highest BCUT2D eigenvalue weighted by Crippen LogP contribution is 2.35. The Labute approximate surface area is 165 Å². The summed E-state index contributed by atoms with van der Waals surface area (Å²) in [6.45, 7) is 1.54. The summed E-state index contributed by atoms with van der Waals surface area (Å²) >= 11 is 1.77. The number of benzene rings is 2. The van der Waals surface area contributed by atoms with Gasteiger partial charge in [-0.05, 0) is 54.5 Å². The number of rotatable bonds is 4. The first-order valence-corrected chi connectivity index (χ1v) is 10.2. The Bertz CT molecular complexity index is 1060. The van der Waals surface area contributed by atoms with Gasteiger partial charge < -0.3 is 0 Å². The highest BCUT2D eigenvalue weighted by Gasteiger charge is 2.27. The van der Waals surface area contributed by atoms with Crippen LogP contribution in [0.2, 0.25) is 0 Å². The number of thiazole rings is 1. The fourth-order valence-corrected chi connectivity index (χ4v) is 4.79. The molecular formula is C20H19FN6S. The highest BCUT2D eigenvalue weighted by atomic mass is 32.1. The molecule has 28 heavy (non-hydrogen) atoms. The number of tetrazole rings is 1. The summed E-state index contributed by atoms with van der Waals surface area (Å²) in [5.74, 6) is 0.233. The third-order valence-corrected chi connectivity index (χ3v) is 6.21. The Hall–Kier alpha value is -2.71. The van der Waals surface area contributed by atoms with Crippen molar-refractivity contribution in [2.45, 2.75) is 32.0 Å². The second-order valence-corrected chi connectivity index (χ2v) is 8.04. The first-order chi connectivity index (χ1) is 13.8. The van der Waals surface area contributed by atoms with E-state index >= 15 is 0 Å². The molecule has 1 saturated heterocycles. The smallest absolute Gasteiger partial charge is 0.204 e. The summed E-state index contributed by atoms with van der Waals surface area (Å²) in [5, 5.41) is 14.0. The lowest BCUT2D eigenvalue weighted by Crippen LogP contribution is -2.35. The maximum atomic E-state index is 13.1. The quantitative estimate of drug-likeness (QED) is 0.517. The Morgan fingerprint density at radius 2 is 1.93 bits per heavy atom. The van der Waals surface area contributed by atoms with E-state index in [4.69, 9.17) is 4.98 Å². The van der Waals surface area contributed by atoms with Crippen molar-refractivity contribution >= 4 is 21.6 Å².